The van der Waals surface area contributed by atoms with Crippen molar-refractivity contribution in [3.8, 4) is 0 Å². The third kappa shape index (κ3) is 3.62. The van der Waals surface area contributed by atoms with Crippen molar-refractivity contribution in [1.29, 1.82) is 0 Å². The van der Waals surface area contributed by atoms with Crippen molar-refractivity contribution in [1.82, 2.24) is 4.90 Å². The zero-order valence-electron chi connectivity index (χ0n) is 12.2. The van der Waals surface area contributed by atoms with E-state index >= 15 is 0 Å². The predicted molar refractivity (Wildman–Crippen MR) is 77.4 cm³/mol. The highest BCUT2D eigenvalue weighted by Crippen LogP contribution is 2.24. The summed E-state index contributed by atoms with van der Waals surface area (Å²) in [6.45, 7) is 4.02. The van der Waals surface area contributed by atoms with Gasteiger partial charge in [0.1, 0.15) is 18.4 Å². The first kappa shape index (κ1) is 15.1. The van der Waals surface area contributed by atoms with Gasteiger partial charge in [0.2, 0.25) is 0 Å². The molecule has 2 rings (SSSR count). The third-order valence-electron chi connectivity index (χ3n) is 3.26. The number of carbonyl (C=O) groups is 2. The van der Waals surface area contributed by atoms with Crippen LogP contribution in [0.5, 0.6) is 0 Å². The van der Waals surface area contributed by atoms with Gasteiger partial charge in [-0.3, -0.25) is 4.79 Å². The van der Waals surface area contributed by atoms with Crippen molar-refractivity contribution >= 4 is 12.0 Å². The molecule has 0 saturated heterocycles. The number of hydrogen-bond donors (Lipinski definition) is 1. The summed E-state index contributed by atoms with van der Waals surface area (Å²) < 4.78 is 5.16. The number of ether oxygens (including phenoxy) is 1. The number of amides is 2. The van der Waals surface area contributed by atoms with Crippen molar-refractivity contribution in [3.63, 3.8) is 0 Å². The average Bonchev–Trinajstić information content (AvgIpc) is 2.71. The quantitative estimate of drug-likeness (QED) is 0.925. The molecule has 0 aromatic heterocycles. The number of hydrogen-bond acceptors (Lipinski definition) is 4. The molecule has 0 saturated carbocycles. The van der Waals surface area contributed by atoms with Crippen LogP contribution in [-0.2, 0) is 16.1 Å². The van der Waals surface area contributed by atoms with Gasteiger partial charge in [0.05, 0.1) is 0 Å². The fourth-order valence-electron chi connectivity index (χ4n) is 2.26. The number of nitrogens with zero attached hydrogens (tertiary/aromatic N) is 1. The van der Waals surface area contributed by atoms with E-state index < -0.39 is 18.0 Å². The van der Waals surface area contributed by atoms with Crippen molar-refractivity contribution in [2.45, 2.75) is 32.9 Å². The zero-order chi connectivity index (χ0) is 15.4. The van der Waals surface area contributed by atoms with Gasteiger partial charge in [-0.2, -0.15) is 0 Å². The van der Waals surface area contributed by atoms with Crippen LogP contribution in [0.25, 0.3) is 0 Å². The van der Waals surface area contributed by atoms with Crippen molar-refractivity contribution < 1.29 is 19.4 Å². The van der Waals surface area contributed by atoms with E-state index in [0.29, 0.717) is 6.42 Å². The first-order valence-electron chi connectivity index (χ1n) is 6.93. The summed E-state index contributed by atoms with van der Waals surface area (Å²) >= 11 is 0. The van der Waals surface area contributed by atoms with Gasteiger partial charge in [0, 0.05) is 6.08 Å². The predicted octanol–water partition coefficient (Wildman–Crippen LogP) is 3.02. The second kappa shape index (κ2) is 6.43. The fraction of sp³-hybridized carbons (Fsp3) is 0.375. The van der Waals surface area contributed by atoms with E-state index in [1.807, 2.05) is 44.2 Å². The lowest BCUT2D eigenvalue weighted by atomic mass is 10.0. The fourth-order valence-corrected chi connectivity index (χ4v) is 2.26. The minimum absolute atomic E-state index is 0.0784. The molecule has 1 aliphatic rings. The summed E-state index contributed by atoms with van der Waals surface area (Å²) in [5, 5.41) is 9.80. The molecule has 0 spiro atoms. The van der Waals surface area contributed by atoms with Crippen LogP contribution in [0.4, 0.5) is 4.79 Å². The van der Waals surface area contributed by atoms with E-state index in [1.54, 1.807) is 0 Å². The second-order valence-corrected chi connectivity index (χ2v) is 5.46. The highest BCUT2D eigenvalue weighted by molar-refractivity contribution is 6.02. The Morgan fingerprint density at radius 1 is 1.33 bits per heavy atom. The van der Waals surface area contributed by atoms with Crippen LogP contribution in [0.15, 0.2) is 42.2 Å². The molecule has 0 radical (unpaired) electrons. The summed E-state index contributed by atoms with van der Waals surface area (Å²) in [6.07, 6.45) is 0.862. The van der Waals surface area contributed by atoms with Crippen LogP contribution in [0.1, 0.15) is 25.8 Å². The Kier molecular flexibility index (Phi) is 4.62. The highest BCUT2D eigenvalue weighted by atomic mass is 16.6. The lowest BCUT2D eigenvalue weighted by molar-refractivity contribution is -0.124. The monoisotopic (exact) mass is 289 g/mol. The Hall–Kier alpha value is -2.30. The maximum atomic E-state index is 12.1. The van der Waals surface area contributed by atoms with E-state index in [9.17, 15) is 14.7 Å². The number of carbonyl (C=O) groups excluding carboxylic acids is 2. The van der Waals surface area contributed by atoms with E-state index in [1.165, 1.54) is 0 Å². The molecule has 2 amide bonds. The van der Waals surface area contributed by atoms with E-state index in [2.05, 4.69) is 0 Å². The van der Waals surface area contributed by atoms with Gasteiger partial charge >= 0.3 is 6.09 Å². The Morgan fingerprint density at radius 2 is 2.00 bits per heavy atom. The number of benzene rings is 1. The van der Waals surface area contributed by atoms with E-state index in [-0.39, 0.29) is 18.3 Å². The number of aliphatic hydroxyl groups is 1. The Morgan fingerprint density at radius 3 is 2.62 bits per heavy atom. The summed E-state index contributed by atoms with van der Waals surface area (Å²) in [4.78, 5) is 24.9. The van der Waals surface area contributed by atoms with Gasteiger partial charge in [-0.25, -0.2) is 9.69 Å². The molecule has 0 fully saturated rings. The number of aliphatic hydroxyl groups excluding tert-OH is 1. The van der Waals surface area contributed by atoms with Crippen LogP contribution in [0.2, 0.25) is 0 Å². The van der Waals surface area contributed by atoms with Crippen LogP contribution < -0.4 is 0 Å². The first-order valence-corrected chi connectivity index (χ1v) is 6.93. The molecule has 1 aromatic carbocycles. The molecule has 5 heteroatoms. The molecule has 21 heavy (non-hydrogen) atoms. The third-order valence-corrected chi connectivity index (χ3v) is 3.26. The summed E-state index contributed by atoms with van der Waals surface area (Å²) in [5.74, 6) is -0.373. The molecule has 1 aliphatic heterocycles. The molecule has 0 unspecified atom stereocenters. The maximum absolute atomic E-state index is 12.1. The molecule has 1 heterocycles. The van der Waals surface area contributed by atoms with Gasteiger partial charge < -0.3 is 9.84 Å². The first-order chi connectivity index (χ1) is 9.99. The molecule has 1 atom stereocenters. The largest absolute Gasteiger partial charge is 0.510 e. The minimum atomic E-state index is -0.727. The van der Waals surface area contributed by atoms with Gasteiger partial charge in [-0.1, -0.05) is 44.2 Å². The Balaban J connectivity index is 2.01. The molecular weight excluding hydrogens is 270 g/mol. The molecule has 112 valence electrons. The van der Waals surface area contributed by atoms with Gasteiger partial charge in [-0.05, 0) is 17.9 Å². The number of rotatable bonds is 4. The summed E-state index contributed by atoms with van der Waals surface area (Å²) in [6, 6.07) is 8.61. The summed E-state index contributed by atoms with van der Waals surface area (Å²) in [5.41, 5.74) is 0.843. The topological polar surface area (TPSA) is 66.8 Å². The van der Waals surface area contributed by atoms with E-state index in [0.717, 1.165) is 16.5 Å². The SMILES string of the molecule is CC(C)C[C@H]1C(O)=CC(=O)N1C(=O)OCc1ccccc1. The van der Waals surface area contributed by atoms with Crippen molar-refractivity contribution in [3.05, 3.63) is 47.7 Å². The smallest absolute Gasteiger partial charge is 0.417 e. The van der Waals surface area contributed by atoms with Crippen LogP contribution >= 0.6 is 0 Å². The Bertz CT molecular complexity index is 551. The van der Waals surface area contributed by atoms with Crippen molar-refractivity contribution in [2.24, 2.45) is 5.92 Å². The average molecular weight is 289 g/mol. The van der Waals surface area contributed by atoms with Crippen LogP contribution in [0.3, 0.4) is 0 Å². The maximum Gasteiger partial charge on any atom is 0.417 e. The van der Waals surface area contributed by atoms with Crippen LogP contribution in [0, 0.1) is 5.92 Å². The Labute approximate surface area is 123 Å². The molecule has 0 aliphatic carbocycles. The highest BCUT2D eigenvalue weighted by Gasteiger charge is 2.38. The second-order valence-electron chi connectivity index (χ2n) is 5.46. The zero-order valence-corrected chi connectivity index (χ0v) is 12.2. The summed E-state index contributed by atoms with van der Waals surface area (Å²) in [7, 11) is 0. The lowest BCUT2D eigenvalue weighted by Gasteiger charge is -2.24. The standard InChI is InChI=1S/C16H19NO4/c1-11(2)8-13-14(18)9-15(19)17(13)16(20)21-10-12-6-4-3-5-7-12/h3-7,9,11,13,18H,8,10H2,1-2H3/t13-/m0/s1. The normalized spacial score (nSPS) is 18.0. The lowest BCUT2D eigenvalue weighted by Crippen LogP contribution is -2.41. The van der Waals surface area contributed by atoms with Gasteiger partial charge in [-0.15, -0.1) is 0 Å². The molecular formula is C16H19NO4. The van der Waals surface area contributed by atoms with Crippen LogP contribution in [-0.4, -0.2) is 28.0 Å². The molecule has 1 N–H and O–H groups in total. The van der Waals surface area contributed by atoms with Gasteiger partial charge in [0.25, 0.3) is 5.91 Å². The molecule has 1 aromatic rings. The number of imide groups is 1. The van der Waals surface area contributed by atoms with E-state index in [4.69, 9.17) is 4.74 Å². The minimum Gasteiger partial charge on any atom is -0.510 e. The molecule has 5 nitrogen and oxygen atoms in total. The molecule has 0 bridgehead atoms. The van der Waals surface area contributed by atoms with Crippen molar-refractivity contribution in [2.75, 3.05) is 0 Å². The van der Waals surface area contributed by atoms with Gasteiger partial charge in [0.15, 0.2) is 0 Å².